The second kappa shape index (κ2) is 7.03. The minimum Gasteiger partial charge on any atom is -0.478 e. The fraction of sp³-hybridized carbons (Fsp3) is 0.231. The Bertz CT molecular complexity index is 537. The van der Waals surface area contributed by atoms with E-state index >= 15 is 0 Å². The maximum absolute atomic E-state index is 11.8. The number of aliphatic carboxylic acids is 1. The van der Waals surface area contributed by atoms with E-state index < -0.39 is 17.9 Å². The molecule has 0 fully saturated rings. The molecule has 1 atom stereocenters. The van der Waals surface area contributed by atoms with Crippen molar-refractivity contribution in [3.8, 4) is 0 Å². The van der Waals surface area contributed by atoms with E-state index in [4.69, 9.17) is 5.11 Å². The Labute approximate surface area is 115 Å². The second-order valence-electron chi connectivity index (χ2n) is 3.96. The zero-order valence-electron chi connectivity index (χ0n) is 11.1. The minimum atomic E-state index is -1.06. The molecule has 0 aliphatic carbocycles. The van der Waals surface area contributed by atoms with Gasteiger partial charge in [-0.2, -0.15) is 0 Å². The number of aromatic nitrogens is 1. The number of carbonyl (C=O) groups excluding carboxylic acids is 2. The number of nitrogens with zero attached hydrogens (tertiary/aromatic N) is 1. The van der Waals surface area contributed by atoms with Gasteiger partial charge in [-0.15, -0.1) is 0 Å². The zero-order valence-corrected chi connectivity index (χ0v) is 11.1. The highest BCUT2D eigenvalue weighted by molar-refractivity contribution is 5.96. The van der Waals surface area contributed by atoms with Crippen LogP contribution in [-0.2, 0) is 9.59 Å². The van der Waals surface area contributed by atoms with Crippen LogP contribution < -0.4 is 10.6 Å². The third kappa shape index (κ3) is 4.52. The van der Waals surface area contributed by atoms with Crippen molar-refractivity contribution in [3.63, 3.8) is 0 Å². The maximum Gasteiger partial charge on any atom is 0.328 e. The van der Waals surface area contributed by atoms with E-state index in [0.29, 0.717) is 5.56 Å². The lowest BCUT2D eigenvalue weighted by Crippen LogP contribution is -2.43. The molecule has 0 saturated carbocycles. The summed E-state index contributed by atoms with van der Waals surface area (Å²) in [7, 11) is 1.48. The van der Waals surface area contributed by atoms with Gasteiger partial charge in [-0.05, 0) is 24.6 Å². The van der Waals surface area contributed by atoms with Gasteiger partial charge in [0, 0.05) is 19.3 Å². The summed E-state index contributed by atoms with van der Waals surface area (Å²) in [5.41, 5.74) is 0.705. The fourth-order valence-corrected chi connectivity index (χ4v) is 1.36. The summed E-state index contributed by atoms with van der Waals surface area (Å²) in [6, 6.07) is 2.35. The van der Waals surface area contributed by atoms with Crippen LogP contribution in [0, 0.1) is 0 Å². The highest BCUT2D eigenvalue weighted by atomic mass is 16.4. The van der Waals surface area contributed by atoms with Gasteiger partial charge in [-0.25, -0.2) is 4.79 Å². The van der Waals surface area contributed by atoms with E-state index in [1.165, 1.54) is 25.4 Å². The number of carboxylic acids is 1. The van der Waals surface area contributed by atoms with E-state index in [9.17, 15) is 14.4 Å². The molecule has 1 rings (SSSR count). The van der Waals surface area contributed by atoms with Crippen molar-refractivity contribution < 1.29 is 19.5 Å². The van der Waals surface area contributed by atoms with Crippen molar-refractivity contribution in [3.05, 3.63) is 35.7 Å². The molecule has 0 bridgehead atoms. The van der Waals surface area contributed by atoms with Crippen molar-refractivity contribution >= 4 is 23.9 Å². The average molecular weight is 277 g/mol. The molecule has 2 amide bonds. The monoisotopic (exact) mass is 277 g/mol. The number of hydrogen-bond acceptors (Lipinski definition) is 4. The molecule has 0 radical (unpaired) electrons. The van der Waals surface area contributed by atoms with Gasteiger partial charge < -0.3 is 15.7 Å². The number of likely N-dealkylation sites (N-methyl/N-ethyl adjacent to an activating group) is 1. The summed E-state index contributed by atoms with van der Waals surface area (Å²) in [5, 5.41) is 13.4. The molecule has 0 aliphatic heterocycles. The van der Waals surface area contributed by atoms with Crippen LogP contribution >= 0.6 is 0 Å². The third-order valence-corrected chi connectivity index (χ3v) is 2.42. The highest BCUT2D eigenvalue weighted by Gasteiger charge is 2.15. The Morgan fingerprint density at radius 1 is 1.35 bits per heavy atom. The molecular weight excluding hydrogens is 262 g/mol. The number of hydrogen-bond donors (Lipinski definition) is 3. The fourth-order valence-electron chi connectivity index (χ4n) is 1.36. The first-order chi connectivity index (χ1) is 9.43. The third-order valence-electron chi connectivity index (χ3n) is 2.42. The molecule has 20 heavy (non-hydrogen) atoms. The standard InChI is InChI=1S/C13H15N3O4/c1-8(12(19)14-2)16-13(20)10-5-3-9(7-15-10)4-6-11(17)18/h3-8H,1-2H3,(H,14,19)(H,16,20)(H,17,18). The largest absolute Gasteiger partial charge is 0.478 e. The van der Waals surface area contributed by atoms with Crippen LogP contribution in [0.25, 0.3) is 6.08 Å². The molecule has 1 aromatic heterocycles. The van der Waals surface area contributed by atoms with Crippen molar-refractivity contribution in [2.24, 2.45) is 0 Å². The van der Waals surface area contributed by atoms with E-state index in [-0.39, 0.29) is 11.6 Å². The van der Waals surface area contributed by atoms with Crippen LogP contribution in [0.4, 0.5) is 0 Å². The number of amides is 2. The van der Waals surface area contributed by atoms with E-state index in [1.54, 1.807) is 13.0 Å². The number of nitrogens with one attached hydrogen (secondary N) is 2. The molecule has 0 saturated heterocycles. The lowest BCUT2D eigenvalue weighted by atomic mass is 10.2. The minimum absolute atomic E-state index is 0.147. The Morgan fingerprint density at radius 3 is 2.55 bits per heavy atom. The lowest BCUT2D eigenvalue weighted by molar-refractivity contribution is -0.131. The summed E-state index contributed by atoms with van der Waals surface area (Å²) in [6.45, 7) is 1.56. The Kier molecular flexibility index (Phi) is 5.40. The van der Waals surface area contributed by atoms with Gasteiger partial charge in [-0.3, -0.25) is 14.6 Å². The summed E-state index contributed by atoms with van der Waals surface area (Å²) < 4.78 is 0. The Morgan fingerprint density at radius 2 is 2.05 bits per heavy atom. The predicted octanol–water partition coefficient (Wildman–Crippen LogP) is 0.0437. The second-order valence-corrected chi connectivity index (χ2v) is 3.96. The van der Waals surface area contributed by atoms with Gasteiger partial charge in [0.05, 0.1) is 0 Å². The molecule has 7 heteroatoms. The van der Waals surface area contributed by atoms with Crippen LogP contribution in [0.15, 0.2) is 24.4 Å². The molecule has 1 heterocycles. The molecule has 0 aromatic carbocycles. The van der Waals surface area contributed by atoms with Gasteiger partial charge >= 0.3 is 5.97 Å². The van der Waals surface area contributed by atoms with Gasteiger partial charge in [0.1, 0.15) is 11.7 Å². The molecule has 0 aliphatic rings. The van der Waals surface area contributed by atoms with Crippen molar-refractivity contribution in [2.45, 2.75) is 13.0 Å². The van der Waals surface area contributed by atoms with E-state index in [1.807, 2.05) is 0 Å². The van der Waals surface area contributed by atoms with Crippen LogP contribution in [0.2, 0.25) is 0 Å². The predicted molar refractivity (Wildman–Crippen MR) is 71.9 cm³/mol. The maximum atomic E-state index is 11.8. The van der Waals surface area contributed by atoms with Crippen molar-refractivity contribution in [2.75, 3.05) is 7.05 Å². The quantitative estimate of drug-likeness (QED) is 0.659. The number of rotatable bonds is 5. The van der Waals surface area contributed by atoms with Crippen LogP contribution in [-0.4, -0.2) is 41.0 Å². The SMILES string of the molecule is CNC(=O)C(C)NC(=O)c1ccc(C=CC(=O)O)cn1. The van der Waals surface area contributed by atoms with Crippen LogP contribution in [0.5, 0.6) is 0 Å². The highest BCUT2D eigenvalue weighted by Crippen LogP contribution is 2.03. The molecule has 0 spiro atoms. The van der Waals surface area contributed by atoms with Gasteiger partial charge in [0.15, 0.2) is 0 Å². The molecule has 3 N–H and O–H groups in total. The first-order valence-corrected chi connectivity index (χ1v) is 5.83. The van der Waals surface area contributed by atoms with Gasteiger partial charge in [-0.1, -0.05) is 6.07 Å². The lowest BCUT2D eigenvalue weighted by Gasteiger charge is -2.11. The van der Waals surface area contributed by atoms with E-state index in [0.717, 1.165) is 6.08 Å². The Balaban J connectivity index is 2.71. The summed E-state index contributed by atoms with van der Waals surface area (Å²) in [6.07, 6.45) is 3.72. The number of carbonyl (C=O) groups is 3. The molecule has 1 unspecified atom stereocenters. The number of carboxylic acid groups (broad SMARTS) is 1. The van der Waals surface area contributed by atoms with Crippen molar-refractivity contribution in [1.82, 2.24) is 15.6 Å². The topological polar surface area (TPSA) is 108 Å². The van der Waals surface area contributed by atoms with Crippen LogP contribution in [0.3, 0.4) is 0 Å². The van der Waals surface area contributed by atoms with Crippen LogP contribution in [0.1, 0.15) is 23.0 Å². The average Bonchev–Trinajstić information content (AvgIpc) is 2.44. The van der Waals surface area contributed by atoms with E-state index in [2.05, 4.69) is 15.6 Å². The summed E-state index contributed by atoms with van der Waals surface area (Å²) in [4.78, 5) is 37.3. The molecule has 106 valence electrons. The van der Waals surface area contributed by atoms with Crippen molar-refractivity contribution in [1.29, 1.82) is 0 Å². The zero-order chi connectivity index (χ0) is 15.1. The Hall–Kier alpha value is -2.70. The molecular formula is C13H15N3O4. The normalized spacial score (nSPS) is 11.9. The molecule has 7 nitrogen and oxygen atoms in total. The summed E-state index contributed by atoms with van der Waals surface area (Å²) in [5.74, 6) is -1.85. The first-order valence-electron chi connectivity index (χ1n) is 5.83. The smallest absolute Gasteiger partial charge is 0.328 e. The first kappa shape index (κ1) is 15.4. The number of pyridine rings is 1. The molecule has 1 aromatic rings. The van der Waals surface area contributed by atoms with Gasteiger partial charge in [0.25, 0.3) is 5.91 Å². The summed E-state index contributed by atoms with van der Waals surface area (Å²) >= 11 is 0. The van der Waals surface area contributed by atoms with Gasteiger partial charge in [0.2, 0.25) is 5.91 Å².